The number of anilines is 2. The molecule has 0 spiro atoms. The van der Waals surface area contributed by atoms with Crippen LogP contribution in [0.1, 0.15) is 16.8 Å². The molecule has 0 saturated heterocycles. The first-order valence-electron chi connectivity index (χ1n) is 6.26. The fourth-order valence-corrected chi connectivity index (χ4v) is 1.78. The first-order valence-corrected chi connectivity index (χ1v) is 6.26. The van der Waals surface area contributed by atoms with Gasteiger partial charge in [0.15, 0.2) is 0 Å². The van der Waals surface area contributed by atoms with Crippen molar-refractivity contribution in [2.45, 2.75) is 6.42 Å². The number of esters is 1. The van der Waals surface area contributed by atoms with Crippen molar-refractivity contribution in [3.63, 3.8) is 0 Å². The zero-order valence-electron chi connectivity index (χ0n) is 12.3. The number of nitrogen functional groups attached to an aromatic ring is 1. The average Bonchev–Trinajstić information content (AvgIpc) is 2.42. The van der Waals surface area contributed by atoms with Crippen molar-refractivity contribution < 1.29 is 14.3 Å². The molecule has 0 bridgehead atoms. The Morgan fingerprint density at radius 3 is 2.45 bits per heavy atom. The molecule has 6 nitrogen and oxygen atoms in total. The van der Waals surface area contributed by atoms with Crippen LogP contribution in [-0.2, 0) is 9.53 Å². The monoisotopic (exact) mass is 279 g/mol. The van der Waals surface area contributed by atoms with Gasteiger partial charge in [-0.25, -0.2) is 0 Å². The summed E-state index contributed by atoms with van der Waals surface area (Å²) in [6.45, 7) is 0.299. The van der Waals surface area contributed by atoms with Gasteiger partial charge in [0.1, 0.15) is 0 Å². The molecule has 0 heterocycles. The summed E-state index contributed by atoms with van der Waals surface area (Å²) >= 11 is 0. The van der Waals surface area contributed by atoms with Crippen LogP contribution in [0.4, 0.5) is 11.4 Å². The number of carbonyl (C=O) groups excluding carboxylic acids is 2. The van der Waals surface area contributed by atoms with Crippen molar-refractivity contribution in [2.75, 3.05) is 45.4 Å². The van der Waals surface area contributed by atoms with Crippen molar-refractivity contribution in [3.8, 4) is 0 Å². The number of nitrogens with two attached hydrogens (primary N) is 1. The van der Waals surface area contributed by atoms with E-state index in [1.54, 1.807) is 25.2 Å². The summed E-state index contributed by atoms with van der Waals surface area (Å²) in [5.74, 6) is -0.519. The lowest BCUT2D eigenvalue weighted by molar-refractivity contribution is -0.140. The minimum absolute atomic E-state index is 0.165. The van der Waals surface area contributed by atoms with Crippen LogP contribution in [0.25, 0.3) is 0 Å². The molecule has 1 aromatic rings. The largest absolute Gasteiger partial charge is 0.469 e. The molecule has 0 aliphatic rings. The van der Waals surface area contributed by atoms with E-state index >= 15 is 0 Å². The second-order valence-corrected chi connectivity index (χ2v) is 4.72. The van der Waals surface area contributed by atoms with Crippen molar-refractivity contribution in [1.29, 1.82) is 0 Å². The van der Waals surface area contributed by atoms with Gasteiger partial charge >= 0.3 is 5.97 Å². The van der Waals surface area contributed by atoms with Crippen LogP contribution in [-0.4, -0.2) is 51.6 Å². The van der Waals surface area contributed by atoms with E-state index in [2.05, 4.69) is 4.74 Å². The minimum atomic E-state index is -0.343. The average molecular weight is 279 g/mol. The molecule has 6 heteroatoms. The summed E-state index contributed by atoms with van der Waals surface area (Å²) in [5.41, 5.74) is 7.58. The molecule has 0 aliphatic heterocycles. The van der Waals surface area contributed by atoms with E-state index in [1.165, 1.54) is 12.0 Å². The van der Waals surface area contributed by atoms with Gasteiger partial charge in [0.05, 0.1) is 19.1 Å². The minimum Gasteiger partial charge on any atom is -0.469 e. The number of ether oxygens (including phenoxy) is 1. The maximum atomic E-state index is 12.4. The molecule has 0 saturated carbocycles. The quantitative estimate of drug-likeness (QED) is 0.642. The van der Waals surface area contributed by atoms with Gasteiger partial charge in [-0.2, -0.15) is 0 Å². The number of methoxy groups -OCH3 is 1. The van der Waals surface area contributed by atoms with E-state index in [0.717, 1.165) is 5.69 Å². The Hall–Kier alpha value is -2.24. The van der Waals surface area contributed by atoms with Crippen LogP contribution < -0.4 is 10.6 Å². The fraction of sp³-hybridized carbons (Fsp3) is 0.429. The van der Waals surface area contributed by atoms with E-state index in [9.17, 15) is 9.59 Å². The van der Waals surface area contributed by atoms with Crippen LogP contribution in [0.15, 0.2) is 18.2 Å². The molecule has 1 rings (SSSR count). The Kier molecular flexibility index (Phi) is 5.37. The van der Waals surface area contributed by atoms with Gasteiger partial charge in [0, 0.05) is 39.1 Å². The summed E-state index contributed by atoms with van der Waals surface area (Å²) in [6, 6.07) is 5.20. The van der Waals surface area contributed by atoms with E-state index in [4.69, 9.17) is 5.73 Å². The first kappa shape index (κ1) is 15.8. The maximum Gasteiger partial charge on any atom is 0.307 e. The second kappa shape index (κ2) is 6.79. The van der Waals surface area contributed by atoms with Crippen LogP contribution >= 0.6 is 0 Å². The van der Waals surface area contributed by atoms with E-state index in [-0.39, 0.29) is 18.3 Å². The van der Waals surface area contributed by atoms with Crippen LogP contribution in [0, 0.1) is 0 Å². The summed E-state index contributed by atoms with van der Waals surface area (Å²) in [4.78, 5) is 26.9. The molecule has 2 N–H and O–H groups in total. The predicted octanol–water partition coefficient (Wildman–Crippen LogP) is 0.970. The topological polar surface area (TPSA) is 75.9 Å². The maximum absolute atomic E-state index is 12.4. The molecule has 1 amide bonds. The van der Waals surface area contributed by atoms with Gasteiger partial charge in [-0.1, -0.05) is 0 Å². The van der Waals surface area contributed by atoms with Gasteiger partial charge in [-0.3, -0.25) is 9.59 Å². The van der Waals surface area contributed by atoms with Gasteiger partial charge in [-0.15, -0.1) is 0 Å². The number of nitrogens with zero attached hydrogens (tertiary/aromatic N) is 2. The van der Waals surface area contributed by atoms with Crippen molar-refractivity contribution in [2.24, 2.45) is 0 Å². The molecule has 0 aromatic heterocycles. The molecule has 110 valence electrons. The fourth-order valence-electron chi connectivity index (χ4n) is 1.78. The number of hydrogen-bond acceptors (Lipinski definition) is 5. The number of amides is 1. The zero-order chi connectivity index (χ0) is 15.3. The Morgan fingerprint density at radius 2 is 1.90 bits per heavy atom. The third-order valence-corrected chi connectivity index (χ3v) is 2.96. The van der Waals surface area contributed by atoms with Crippen molar-refractivity contribution in [3.05, 3.63) is 23.8 Å². The number of rotatable bonds is 5. The van der Waals surface area contributed by atoms with Crippen molar-refractivity contribution in [1.82, 2.24) is 4.90 Å². The Balaban J connectivity index is 2.90. The number of benzene rings is 1. The summed E-state index contributed by atoms with van der Waals surface area (Å²) < 4.78 is 4.56. The lowest BCUT2D eigenvalue weighted by Gasteiger charge is -2.22. The number of carbonyl (C=O) groups is 2. The Labute approximate surface area is 119 Å². The molecular weight excluding hydrogens is 258 g/mol. The van der Waals surface area contributed by atoms with Crippen molar-refractivity contribution >= 4 is 23.3 Å². The molecule has 20 heavy (non-hydrogen) atoms. The smallest absolute Gasteiger partial charge is 0.307 e. The Bertz CT molecular complexity index is 500. The van der Waals surface area contributed by atoms with Gasteiger partial charge < -0.3 is 20.3 Å². The predicted molar refractivity (Wildman–Crippen MR) is 78.8 cm³/mol. The van der Waals surface area contributed by atoms with Crippen LogP contribution in [0.3, 0.4) is 0 Å². The van der Waals surface area contributed by atoms with Crippen LogP contribution in [0.2, 0.25) is 0 Å². The van der Waals surface area contributed by atoms with Crippen LogP contribution in [0.5, 0.6) is 0 Å². The molecule has 0 radical (unpaired) electrons. The third-order valence-electron chi connectivity index (χ3n) is 2.96. The van der Waals surface area contributed by atoms with E-state index in [0.29, 0.717) is 17.8 Å². The normalized spacial score (nSPS) is 10.0. The summed E-state index contributed by atoms with van der Waals surface area (Å²) in [6.07, 6.45) is 0.165. The number of hydrogen-bond donors (Lipinski definition) is 1. The molecular formula is C14H21N3O3. The molecule has 1 aromatic carbocycles. The highest BCUT2D eigenvalue weighted by Crippen LogP contribution is 2.22. The third kappa shape index (κ3) is 3.88. The molecule has 0 atom stereocenters. The molecule has 0 unspecified atom stereocenters. The molecule has 0 fully saturated rings. The summed E-state index contributed by atoms with van der Waals surface area (Å²) in [7, 11) is 6.69. The lowest BCUT2D eigenvalue weighted by atomic mass is 10.1. The van der Waals surface area contributed by atoms with Gasteiger partial charge in [0.2, 0.25) is 0 Å². The second-order valence-electron chi connectivity index (χ2n) is 4.72. The molecule has 0 aliphatic carbocycles. The van der Waals surface area contributed by atoms with E-state index in [1.807, 2.05) is 19.0 Å². The SMILES string of the molecule is COC(=O)CCN(C)C(=O)c1cc(N)ccc1N(C)C. The first-order chi connectivity index (χ1) is 9.36. The Morgan fingerprint density at radius 1 is 1.25 bits per heavy atom. The highest BCUT2D eigenvalue weighted by Gasteiger charge is 2.18. The zero-order valence-corrected chi connectivity index (χ0v) is 12.3. The van der Waals surface area contributed by atoms with Gasteiger partial charge in [-0.05, 0) is 18.2 Å². The highest BCUT2D eigenvalue weighted by molar-refractivity contribution is 6.00. The standard InChI is InChI=1S/C14H21N3O3/c1-16(2)12-6-5-10(15)9-11(12)14(19)17(3)8-7-13(18)20-4/h5-6,9H,7-8,15H2,1-4H3. The van der Waals surface area contributed by atoms with Gasteiger partial charge in [0.25, 0.3) is 5.91 Å². The highest BCUT2D eigenvalue weighted by atomic mass is 16.5. The van der Waals surface area contributed by atoms with E-state index < -0.39 is 0 Å². The summed E-state index contributed by atoms with van der Waals surface area (Å²) in [5, 5.41) is 0. The lowest BCUT2D eigenvalue weighted by Crippen LogP contribution is -2.30.